The van der Waals surface area contributed by atoms with Gasteiger partial charge in [-0.05, 0) is 44.9 Å². The minimum atomic E-state index is -0.453. The van der Waals surface area contributed by atoms with Crippen molar-refractivity contribution >= 4 is 0 Å². The van der Waals surface area contributed by atoms with Gasteiger partial charge in [-0.2, -0.15) is 0 Å². The molecular weight excluding hydrogens is 212 g/mol. The molecule has 0 aromatic heterocycles. The average Bonchev–Trinajstić information content (AvgIpc) is 2.29. The Kier molecular flexibility index (Phi) is 5.04. The first-order valence-electron chi connectivity index (χ1n) is 6.67. The van der Waals surface area contributed by atoms with E-state index in [4.69, 9.17) is 4.74 Å². The van der Waals surface area contributed by atoms with Gasteiger partial charge in [0, 0.05) is 13.0 Å². The van der Waals surface area contributed by atoms with Crippen LogP contribution in [0.1, 0.15) is 59.8 Å². The summed E-state index contributed by atoms with van der Waals surface area (Å²) in [5, 5.41) is 10.3. The van der Waals surface area contributed by atoms with Gasteiger partial charge in [0.1, 0.15) is 0 Å². The summed E-state index contributed by atoms with van der Waals surface area (Å²) in [6, 6.07) is 0. The first-order chi connectivity index (χ1) is 7.96. The van der Waals surface area contributed by atoms with Crippen molar-refractivity contribution < 1.29 is 9.84 Å². The fourth-order valence-electron chi connectivity index (χ4n) is 2.60. The summed E-state index contributed by atoms with van der Waals surface area (Å²) in [5.41, 5.74) is 0.0326. The molecular formula is C15H26O2. The molecule has 0 bridgehead atoms. The lowest BCUT2D eigenvalue weighted by molar-refractivity contribution is -0.149. The van der Waals surface area contributed by atoms with Gasteiger partial charge in [0.15, 0.2) is 0 Å². The third-order valence-electron chi connectivity index (χ3n) is 3.96. The number of hydrogen-bond donors (Lipinski definition) is 1. The Morgan fingerprint density at radius 3 is 2.29 bits per heavy atom. The highest BCUT2D eigenvalue weighted by Crippen LogP contribution is 2.44. The molecule has 0 radical (unpaired) electrons. The van der Waals surface area contributed by atoms with Crippen LogP contribution in [-0.2, 0) is 4.74 Å². The predicted octanol–water partition coefficient (Wildman–Crippen LogP) is 3.14. The summed E-state index contributed by atoms with van der Waals surface area (Å²) in [6.45, 7) is 9.06. The number of aliphatic hydroxyl groups is 1. The van der Waals surface area contributed by atoms with Crippen molar-refractivity contribution in [3.8, 4) is 11.8 Å². The van der Waals surface area contributed by atoms with Crippen LogP contribution in [0.25, 0.3) is 0 Å². The Labute approximate surface area is 106 Å². The Morgan fingerprint density at radius 1 is 1.24 bits per heavy atom. The van der Waals surface area contributed by atoms with Crippen LogP contribution in [0, 0.1) is 17.3 Å². The molecule has 0 aliphatic heterocycles. The lowest BCUT2D eigenvalue weighted by Crippen LogP contribution is -2.49. The smallest absolute Gasteiger partial charge is 0.0949 e. The zero-order valence-corrected chi connectivity index (χ0v) is 11.7. The Hall–Kier alpha value is -0.520. The monoisotopic (exact) mass is 238 g/mol. The molecule has 0 amide bonds. The second-order valence-corrected chi connectivity index (χ2v) is 5.81. The summed E-state index contributed by atoms with van der Waals surface area (Å²) >= 11 is 0. The van der Waals surface area contributed by atoms with Crippen molar-refractivity contribution in [2.75, 3.05) is 6.61 Å². The van der Waals surface area contributed by atoms with E-state index in [1.165, 1.54) is 0 Å². The van der Waals surface area contributed by atoms with E-state index in [0.717, 1.165) is 25.7 Å². The molecule has 1 atom stereocenters. The molecule has 2 heteroatoms. The van der Waals surface area contributed by atoms with Crippen LogP contribution >= 0.6 is 0 Å². The maximum absolute atomic E-state index is 10.3. The third-order valence-corrected chi connectivity index (χ3v) is 3.96. The van der Waals surface area contributed by atoms with Crippen molar-refractivity contribution in [2.45, 2.75) is 71.5 Å². The zero-order valence-electron chi connectivity index (χ0n) is 11.7. The molecule has 0 spiro atoms. The highest BCUT2D eigenvalue weighted by molar-refractivity contribution is 5.03. The lowest BCUT2D eigenvalue weighted by atomic mass is 9.68. The molecule has 17 heavy (non-hydrogen) atoms. The molecule has 1 fully saturated rings. The molecule has 1 N–H and O–H groups in total. The highest BCUT2D eigenvalue weighted by Gasteiger charge is 2.43. The zero-order chi connectivity index (χ0) is 12.9. The molecule has 1 saturated carbocycles. The standard InChI is InChI=1S/C15H26O2/c1-5-7-8-13(16)15(17-6-2)11-9-14(3,4)10-12-15/h13,16H,6,8-12H2,1-4H3. The van der Waals surface area contributed by atoms with Crippen molar-refractivity contribution in [3.05, 3.63) is 0 Å². The van der Waals surface area contributed by atoms with Gasteiger partial charge in [-0.15, -0.1) is 11.8 Å². The minimum absolute atomic E-state index is 0.353. The van der Waals surface area contributed by atoms with E-state index in [1.807, 2.05) is 13.8 Å². The van der Waals surface area contributed by atoms with E-state index >= 15 is 0 Å². The van der Waals surface area contributed by atoms with Crippen LogP contribution < -0.4 is 0 Å². The molecule has 1 unspecified atom stereocenters. The van der Waals surface area contributed by atoms with Crippen molar-refractivity contribution in [1.29, 1.82) is 0 Å². The van der Waals surface area contributed by atoms with Crippen LogP contribution in [0.3, 0.4) is 0 Å². The van der Waals surface area contributed by atoms with Gasteiger partial charge in [0.25, 0.3) is 0 Å². The van der Waals surface area contributed by atoms with Gasteiger partial charge in [-0.25, -0.2) is 0 Å². The van der Waals surface area contributed by atoms with E-state index in [-0.39, 0.29) is 5.60 Å². The highest BCUT2D eigenvalue weighted by atomic mass is 16.5. The van der Waals surface area contributed by atoms with E-state index in [2.05, 4.69) is 25.7 Å². The quantitative estimate of drug-likeness (QED) is 0.762. The molecule has 0 aromatic carbocycles. The summed E-state index contributed by atoms with van der Waals surface area (Å²) < 4.78 is 5.90. The van der Waals surface area contributed by atoms with Crippen LogP contribution in [0.5, 0.6) is 0 Å². The topological polar surface area (TPSA) is 29.5 Å². The normalized spacial score (nSPS) is 23.6. The predicted molar refractivity (Wildman–Crippen MR) is 70.7 cm³/mol. The number of aliphatic hydroxyl groups excluding tert-OH is 1. The average molecular weight is 238 g/mol. The summed E-state index contributed by atoms with van der Waals surface area (Å²) in [5.74, 6) is 5.82. The lowest BCUT2D eigenvalue weighted by Gasteiger charge is -2.45. The number of hydrogen-bond acceptors (Lipinski definition) is 2. The van der Waals surface area contributed by atoms with E-state index in [9.17, 15) is 5.11 Å². The Bertz CT molecular complexity index is 286. The van der Waals surface area contributed by atoms with Gasteiger partial charge in [0.2, 0.25) is 0 Å². The van der Waals surface area contributed by atoms with E-state index in [1.54, 1.807) is 0 Å². The summed E-state index contributed by atoms with van der Waals surface area (Å²) in [6.07, 6.45) is 4.19. The van der Waals surface area contributed by atoms with Crippen LogP contribution in [0.15, 0.2) is 0 Å². The third kappa shape index (κ3) is 3.72. The SMILES string of the molecule is CC#CCC(O)C1(OCC)CCC(C)(C)CC1. The van der Waals surface area contributed by atoms with Crippen molar-refractivity contribution in [2.24, 2.45) is 5.41 Å². The van der Waals surface area contributed by atoms with E-state index in [0.29, 0.717) is 18.4 Å². The maximum atomic E-state index is 10.3. The van der Waals surface area contributed by atoms with Crippen molar-refractivity contribution in [1.82, 2.24) is 0 Å². The van der Waals surface area contributed by atoms with Crippen LogP contribution in [-0.4, -0.2) is 23.4 Å². The van der Waals surface area contributed by atoms with Gasteiger partial charge in [-0.3, -0.25) is 0 Å². The largest absolute Gasteiger partial charge is 0.389 e. The van der Waals surface area contributed by atoms with Gasteiger partial charge in [0.05, 0.1) is 11.7 Å². The molecule has 1 aliphatic carbocycles. The second kappa shape index (κ2) is 5.89. The van der Waals surface area contributed by atoms with Crippen LogP contribution in [0.4, 0.5) is 0 Å². The molecule has 2 nitrogen and oxygen atoms in total. The summed E-state index contributed by atoms with van der Waals surface area (Å²) in [4.78, 5) is 0. The first kappa shape index (κ1) is 14.5. The van der Waals surface area contributed by atoms with Gasteiger partial charge < -0.3 is 9.84 Å². The number of rotatable bonds is 4. The fourth-order valence-corrected chi connectivity index (χ4v) is 2.60. The molecule has 0 aromatic rings. The number of ether oxygens (including phenoxy) is 1. The molecule has 98 valence electrons. The fraction of sp³-hybridized carbons (Fsp3) is 0.867. The molecule has 1 aliphatic rings. The van der Waals surface area contributed by atoms with Gasteiger partial charge in [-0.1, -0.05) is 13.8 Å². The minimum Gasteiger partial charge on any atom is -0.389 e. The molecule has 0 saturated heterocycles. The second-order valence-electron chi connectivity index (χ2n) is 5.81. The maximum Gasteiger partial charge on any atom is 0.0949 e. The summed E-state index contributed by atoms with van der Waals surface area (Å²) in [7, 11) is 0. The first-order valence-corrected chi connectivity index (χ1v) is 6.67. The molecule has 1 rings (SSSR count). The van der Waals surface area contributed by atoms with Gasteiger partial charge >= 0.3 is 0 Å². The van der Waals surface area contributed by atoms with E-state index < -0.39 is 6.10 Å². The van der Waals surface area contributed by atoms with Crippen molar-refractivity contribution in [3.63, 3.8) is 0 Å². The van der Waals surface area contributed by atoms with Crippen LogP contribution in [0.2, 0.25) is 0 Å². The Balaban J connectivity index is 2.72. The molecule has 0 heterocycles. The Morgan fingerprint density at radius 2 is 1.82 bits per heavy atom.